The molecule has 1 aliphatic carbocycles. The highest BCUT2D eigenvalue weighted by Crippen LogP contribution is 2.27. The van der Waals surface area contributed by atoms with E-state index in [1.165, 1.54) is 17.7 Å². The largest absolute Gasteiger partial charge is 0.468 e. The van der Waals surface area contributed by atoms with Crippen LogP contribution < -0.4 is 5.32 Å². The molecule has 1 fully saturated rings. The maximum absolute atomic E-state index is 9.26. The van der Waals surface area contributed by atoms with E-state index >= 15 is 0 Å². The molecule has 2 rings (SSSR count). The lowest BCUT2D eigenvalue weighted by molar-refractivity contribution is 0.412. The van der Waals surface area contributed by atoms with Crippen molar-refractivity contribution in [1.82, 2.24) is 5.32 Å². The van der Waals surface area contributed by atoms with Crippen molar-refractivity contribution in [3.05, 3.63) is 18.1 Å². The summed E-state index contributed by atoms with van der Waals surface area (Å²) >= 11 is 1.81. The molecule has 1 saturated carbocycles. The molecule has 1 aromatic rings. The van der Waals surface area contributed by atoms with Gasteiger partial charge in [-0.05, 0) is 51.3 Å². The van der Waals surface area contributed by atoms with Crippen molar-refractivity contribution in [2.24, 2.45) is 0 Å². The molecule has 0 spiro atoms. The number of nitrogens with zero attached hydrogens (tertiary/aromatic N) is 1. The molecule has 0 amide bonds. The van der Waals surface area contributed by atoms with Gasteiger partial charge in [0.15, 0.2) is 0 Å². The lowest BCUT2D eigenvalue weighted by Crippen LogP contribution is -2.42. The van der Waals surface area contributed by atoms with Gasteiger partial charge in [-0.15, -0.1) is 11.8 Å². The van der Waals surface area contributed by atoms with Gasteiger partial charge in [0, 0.05) is 10.9 Å². The van der Waals surface area contributed by atoms with Crippen molar-refractivity contribution >= 4 is 11.8 Å². The van der Waals surface area contributed by atoms with E-state index in [1.807, 2.05) is 31.7 Å². The summed E-state index contributed by atoms with van der Waals surface area (Å²) in [4.78, 5) is 1.21. The number of nitrogens with one attached hydrogen (secondary N) is 1. The first-order chi connectivity index (χ1) is 8.63. The lowest BCUT2D eigenvalue weighted by Gasteiger charge is -2.23. The minimum absolute atomic E-state index is 0.354. The van der Waals surface area contributed by atoms with Gasteiger partial charge in [-0.1, -0.05) is 0 Å². The summed E-state index contributed by atoms with van der Waals surface area (Å²) in [6.07, 6.45) is 6.12. The zero-order valence-corrected chi connectivity index (χ0v) is 11.8. The van der Waals surface area contributed by atoms with Gasteiger partial charge in [-0.2, -0.15) is 5.26 Å². The highest BCUT2D eigenvalue weighted by molar-refractivity contribution is 7.99. The Labute approximate surface area is 113 Å². The Morgan fingerprint density at radius 1 is 1.61 bits per heavy atom. The molecule has 1 atom stereocenters. The molecule has 0 bridgehead atoms. The number of nitriles is 1. The maximum atomic E-state index is 9.26. The topological polar surface area (TPSA) is 49.0 Å². The fourth-order valence-electron chi connectivity index (χ4n) is 1.97. The molecule has 1 aromatic heterocycles. The van der Waals surface area contributed by atoms with Crippen molar-refractivity contribution in [3.63, 3.8) is 0 Å². The fourth-order valence-corrected chi connectivity index (χ4v) is 2.88. The second-order valence-electron chi connectivity index (χ2n) is 5.16. The Hall–Kier alpha value is -0.920. The van der Waals surface area contributed by atoms with Crippen LogP contribution in [0.5, 0.6) is 0 Å². The third-order valence-electron chi connectivity index (χ3n) is 3.24. The molecule has 4 heteroatoms. The van der Waals surface area contributed by atoms with E-state index in [4.69, 9.17) is 4.42 Å². The van der Waals surface area contributed by atoms with Crippen molar-refractivity contribution < 1.29 is 4.42 Å². The molecule has 18 heavy (non-hydrogen) atoms. The van der Waals surface area contributed by atoms with Crippen LogP contribution in [0.25, 0.3) is 0 Å². The summed E-state index contributed by atoms with van der Waals surface area (Å²) in [5.74, 6) is 2.02. The van der Waals surface area contributed by atoms with Gasteiger partial charge in [-0.3, -0.25) is 5.32 Å². The van der Waals surface area contributed by atoms with E-state index in [9.17, 15) is 5.26 Å². The molecule has 0 radical (unpaired) electrons. The van der Waals surface area contributed by atoms with E-state index in [0.717, 1.165) is 24.4 Å². The summed E-state index contributed by atoms with van der Waals surface area (Å²) in [6.45, 7) is 4.00. The lowest BCUT2D eigenvalue weighted by atomic mass is 9.98. The molecule has 0 aromatic carbocycles. The van der Waals surface area contributed by atoms with Crippen molar-refractivity contribution in [2.45, 2.75) is 56.0 Å². The summed E-state index contributed by atoms with van der Waals surface area (Å²) < 4.78 is 5.26. The van der Waals surface area contributed by atoms with Crippen LogP contribution >= 0.6 is 11.8 Å². The third-order valence-corrected chi connectivity index (χ3v) is 4.46. The van der Waals surface area contributed by atoms with Crippen LogP contribution in [0.4, 0.5) is 0 Å². The molecule has 0 saturated heterocycles. The molecule has 0 aliphatic heterocycles. The highest BCUT2D eigenvalue weighted by atomic mass is 32.2. The smallest absolute Gasteiger partial charge is 0.114 e. The van der Waals surface area contributed by atoms with E-state index in [1.54, 1.807) is 6.26 Å². The Balaban J connectivity index is 1.70. The van der Waals surface area contributed by atoms with Gasteiger partial charge in [0.05, 0.1) is 12.3 Å². The molecule has 1 unspecified atom stereocenters. The Morgan fingerprint density at radius 2 is 2.39 bits per heavy atom. The van der Waals surface area contributed by atoms with Crippen LogP contribution in [0.1, 0.15) is 38.4 Å². The summed E-state index contributed by atoms with van der Waals surface area (Å²) in [5, 5.41) is 12.7. The first kappa shape index (κ1) is 13.5. The van der Waals surface area contributed by atoms with Crippen molar-refractivity contribution in [1.29, 1.82) is 5.26 Å². The van der Waals surface area contributed by atoms with Gasteiger partial charge in [0.25, 0.3) is 0 Å². The molecule has 98 valence electrons. The zero-order valence-electron chi connectivity index (χ0n) is 11.0. The van der Waals surface area contributed by atoms with Crippen LogP contribution in [-0.2, 0) is 0 Å². The quantitative estimate of drug-likeness (QED) is 0.605. The molecule has 3 nitrogen and oxygen atoms in total. The zero-order chi connectivity index (χ0) is 13.0. The summed E-state index contributed by atoms with van der Waals surface area (Å²) in [6, 6.07) is 5.00. The van der Waals surface area contributed by atoms with Gasteiger partial charge in [0.2, 0.25) is 0 Å². The molecular weight excluding hydrogens is 244 g/mol. The van der Waals surface area contributed by atoms with Crippen molar-refractivity contribution in [2.75, 3.05) is 5.75 Å². The SMILES string of the molecule is Cc1occc1SCCCC(C)(C#N)NC1CC1. The number of rotatable bonds is 7. The first-order valence-corrected chi connectivity index (χ1v) is 7.47. The number of furan rings is 1. The van der Waals surface area contributed by atoms with Gasteiger partial charge >= 0.3 is 0 Å². The maximum Gasteiger partial charge on any atom is 0.114 e. The van der Waals surface area contributed by atoms with Crippen LogP contribution in [0.3, 0.4) is 0 Å². The summed E-state index contributed by atoms with van der Waals surface area (Å²) in [5.41, 5.74) is -0.354. The normalized spacial score (nSPS) is 18.3. The minimum Gasteiger partial charge on any atom is -0.468 e. The van der Waals surface area contributed by atoms with E-state index in [-0.39, 0.29) is 5.54 Å². The Kier molecular flexibility index (Phi) is 4.36. The van der Waals surface area contributed by atoms with Gasteiger partial charge in [0.1, 0.15) is 11.3 Å². The minimum atomic E-state index is -0.354. The van der Waals surface area contributed by atoms with E-state index in [0.29, 0.717) is 6.04 Å². The van der Waals surface area contributed by atoms with Crippen LogP contribution in [-0.4, -0.2) is 17.3 Å². The average Bonchev–Trinajstić information content (AvgIpc) is 3.07. The number of aryl methyl sites for hydroxylation is 1. The Morgan fingerprint density at radius 3 is 2.94 bits per heavy atom. The molecular formula is C14H20N2OS. The standard InChI is InChI=1S/C14H20N2OS/c1-11-13(6-8-17-11)18-9-3-7-14(2,10-15)16-12-4-5-12/h6,8,12,16H,3-5,7,9H2,1-2H3. The predicted molar refractivity (Wildman–Crippen MR) is 73.6 cm³/mol. The second-order valence-corrected chi connectivity index (χ2v) is 6.29. The van der Waals surface area contributed by atoms with Crippen LogP contribution in [0.15, 0.2) is 21.6 Å². The predicted octanol–water partition coefficient (Wildman–Crippen LogP) is 3.49. The van der Waals surface area contributed by atoms with Gasteiger partial charge in [-0.25, -0.2) is 0 Å². The first-order valence-electron chi connectivity index (χ1n) is 6.49. The van der Waals surface area contributed by atoms with E-state index in [2.05, 4.69) is 11.4 Å². The van der Waals surface area contributed by atoms with E-state index < -0.39 is 0 Å². The van der Waals surface area contributed by atoms with Gasteiger partial charge < -0.3 is 4.42 Å². The highest BCUT2D eigenvalue weighted by Gasteiger charge is 2.31. The summed E-state index contributed by atoms with van der Waals surface area (Å²) in [7, 11) is 0. The van der Waals surface area contributed by atoms with Crippen molar-refractivity contribution in [3.8, 4) is 6.07 Å². The van der Waals surface area contributed by atoms with Crippen LogP contribution in [0.2, 0.25) is 0 Å². The Bertz CT molecular complexity index is 433. The fraction of sp³-hybridized carbons (Fsp3) is 0.643. The third kappa shape index (κ3) is 3.79. The average molecular weight is 264 g/mol. The molecule has 1 heterocycles. The number of hydrogen-bond acceptors (Lipinski definition) is 4. The molecule has 1 aliphatic rings. The monoisotopic (exact) mass is 264 g/mol. The number of thioether (sulfide) groups is 1. The number of hydrogen-bond donors (Lipinski definition) is 1. The second kappa shape index (κ2) is 5.81. The van der Waals surface area contributed by atoms with Crippen LogP contribution in [0, 0.1) is 18.3 Å². The molecule has 1 N–H and O–H groups in total.